The van der Waals surface area contributed by atoms with Crippen molar-refractivity contribution in [2.24, 2.45) is 5.92 Å². The van der Waals surface area contributed by atoms with Crippen molar-refractivity contribution in [3.63, 3.8) is 0 Å². The number of hydrogen-bond donors (Lipinski definition) is 0. The molecule has 2 heteroatoms. The van der Waals surface area contributed by atoms with Crippen LogP contribution in [-0.4, -0.2) is 18.5 Å². The van der Waals surface area contributed by atoms with Crippen molar-refractivity contribution in [3.05, 3.63) is 0 Å². The molecule has 0 amide bonds. The molecule has 1 saturated heterocycles. The lowest BCUT2D eigenvalue weighted by Gasteiger charge is -2.28. The van der Waals surface area contributed by atoms with Gasteiger partial charge in [-0.05, 0) is 25.2 Å². The highest BCUT2D eigenvalue weighted by Crippen LogP contribution is 2.33. The van der Waals surface area contributed by atoms with Gasteiger partial charge in [0.2, 0.25) is 0 Å². The Labute approximate surface area is 74.3 Å². The molecule has 12 heavy (non-hydrogen) atoms. The Bertz CT molecular complexity index is 148. The summed E-state index contributed by atoms with van der Waals surface area (Å²) in [7, 11) is 0. The summed E-state index contributed by atoms with van der Waals surface area (Å²) < 4.78 is 5.54. The molecule has 0 spiro atoms. The number of carbonyl (C=O) groups is 1. The molecule has 1 aliphatic heterocycles. The monoisotopic (exact) mass is 170 g/mol. The Kier molecular flexibility index (Phi) is 3.27. The third kappa shape index (κ3) is 1.69. The molecule has 0 aromatic rings. The zero-order valence-corrected chi connectivity index (χ0v) is 8.01. The molecule has 2 nitrogen and oxygen atoms in total. The second kappa shape index (κ2) is 4.04. The first-order chi connectivity index (χ1) is 5.75. The average Bonchev–Trinajstić information content (AvgIpc) is 2.54. The van der Waals surface area contributed by atoms with Crippen molar-refractivity contribution in [1.29, 1.82) is 0 Å². The Hall–Kier alpha value is -0.370. The van der Waals surface area contributed by atoms with Crippen LogP contribution in [0, 0.1) is 5.92 Å². The molecule has 0 N–H and O–H groups in total. The van der Waals surface area contributed by atoms with E-state index in [1.54, 1.807) is 0 Å². The predicted octanol–water partition coefficient (Wildman–Crippen LogP) is 2.17. The molecular formula is C10H18O2. The molecule has 1 fully saturated rings. The van der Waals surface area contributed by atoms with Crippen molar-refractivity contribution in [2.45, 2.75) is 45.1 Å². The highest BCUT2D eigenvalue weighted by atomic mass is 16.5. The molecule has 0 aliphatic carbocycles. The van der Waals surface area contributed by atoms with Gasteiger partial charge in [-0.1, -0.05) is 20.3 Å². The third-order valence-electron chi connectivity index (χ3n) is 2.84. The lowest BCUT2D eigenvalue weighted by molar-refractivity contribution is -0.131. The molecule has 2 atom stereocenters. The van der Waals surface area contributed by atoms with Gasteiger partial charge in [0.25, 0.3) is 0 Å². The first kappa shape index (κ1) is 9.72. The Morgan fingerprint density at radius 3 is 2.83 bits per heavy atom. The first-order valence-electron chi connectivity index (χ1n) is 4.85. The third-order valence-corrected chi connectivity index (χ3v) is 2.84. The normalized spacial score (nSPS) is 31.8. The van der Waals surface area contributed by atoms with Crippen molar-refractivity contribution >= 4 is 6.29 Å². The van der Waals surface area contributed by atoms with E-state index in [4.69, 9.17) is 4.74 Å². The van der Waals surface area contributed by atoms with E-state index in [-0.39, 0.29) is 0 Å². The topological polar surface area (TPSA) is 26.3 Å². The predicted molar refractivity (Wildman–Crippen MR) is 48.1 cm³/mol. The van der Waals surface area contributed by atoms with Gasteiger partial charge in [-0.25, -0.2) is 0 Å². The van der Waals surface area contributed by atoms with Gasteiger partial charge in [0.05, 0.1) is 0 Å². The van der Waals surface area contributed by atoms with Crippen molar-refractivity contribution < 1.29 is 9.53 Å². The minimum absolute atomic E-state index is 0.377. The van der Waals surface area contributed by atoms with Crippen LogP contribution in [0.2, 0.25) is 0 Å². The first-order valence-corrected chi connectivity index (χ1v) is 4.85. The van der Waals surface area contributed by atoms with Crippen LogP contribution < -0.4 is 0 Å². The van der Waals surface area contributed by atoms with E-state index < -0.39 is 5.60 Å². The number of hydrogen-bond acceptors (Lipinski definition) is 2. The van der Waals surface area contributed by atoms with Gasteiger partial charge in [-0.2, -0.15) is 0 Å². The summed E-state index contributed by atoms with van der Waals surface area (Å²) in [5, 5.41) is 0. The largest absolute Gasteiger partial charge is 0.367 e. The molecule has 0 radical (unpaired) electrons. The fraction of sp³-hybridized carbons (Fsp3) is 0.900. The van der Waals surface area contributed by atoms with E-state index in [1.807, 2.05) is 0 Å². The van der Waals surface area contributed by atoms with Gasteiger partial charge in [-0.3, -0.25) is 0 Å². The minimum Gasteiger partial charge on any atom is -0.367 e. The van der Waals surface area contributed by atoms with E-state index >= 15 is 0 Å². The van der Waals surface area contributed by atoms with E-state index in [2.05, 4.69) is 13.8 Å². The SMILES string of the molecule is CCCC(C)C1(C=O)CCCO1. The van der Waals surface area contributed by atoms with Gasteiger partial charge in [0.15, 0.2) is 6.29 Å². The molecule has 0 aromatic heterocycles. The summed E-state index contributed by atoms with van der Waals surface area (Å²) in [5.41, 5.74) is -0.435. The van der Waals surface area contributed by atoms with E-state index in [1.165, 1.54) is 0 Å². The fourth-order valence-electron chi connectivity index (χ4n) is 1.96. The van der Waals surface area contributed by atoms with E-state index in [0.717, 1.165) is 38.6 Å². The van der Waals surface area contributed by atoms with Crippen LogP contribution in [0.15, 0.2) is 0 Å². The molecule has 1 heterocycles. The molecule has 0 bridgehead atoms. The molecule has 1 rings (SSSR count). The van der Waals surface area contributed by atoms with Crippen LogP contribution in [0.3, 0.4) is 0 Å². The maximum absolute atomic E-state index is 10.9. The zero-order valence-electron chi connectivity index (χ0n) is 8.01. The molecule has 0 aromatic carbocycles. The highest BCUT2D eigenvalue weighted by molar-refractivity contribution is 5.63. The van der Waals surface area contributed by atoms with Crippen LogP contribution in [-0.2, 0) is 9.53 Å². The van der Waals surface area contributed by atoms with E-state index in [0.29, 0.717) is 5.92 Å². The fourth-order valence-corrected chi connectivity index (χ4v) is 1.96. The van der Waals surface area contributed by atoms with Crippen LogP contribution in [0.1, 0.15) is 39.5 Å². The lowest BCUT2D eigenvalue weighted by Crippen LogP contribution is -2.37. The second-order valence-electron chi connectivity index (χ2n) is 3.71. The van der Waals surface area contributed by atoms with Gasteiger partial charge in [0.1, 0.15) is 5.60 Å². The van der Waals surface area contributed by atoms with Crippen LogP contribution in [0.4, 0.5) is 0 Å². The van der Waals surface area contributed by atoms with Gasteiger partial charge in [0, 0.05) is 6.61 Å². The average molecular weight is 170 g/mol. The zero-order chi connectivity index (χ0) is 9.03. The van der Waals surface area contributed by atoms with Gasteiger partial charge in [-0.15, -0.1) is 0 Å². The van der Waals surface area contributed by atoms with Crippen LogP contribution >= 0.6 is 0 Å². The molecule has 70 valence electrons. The van der Waals surface area contributed by atoms with Crippen molar-refractivity contribution in [1.82, 2.24) is 0 Å². The summed E-state index contributed by atoms with van der Waals surface area (Å²) in [6.45, 7) is 5.01. The molecular weight excluding hydrogens is 152 g/mol. The number of aldehydes is 1. The Morgan fingerprint density at radius 2 is 2.42 bits per heavy atom. The van der Waals surface area contributed by atoms with Crippen LogP contribution in [0.5, 0.6) is 0 Å². The smallest absolute Gasteiger partial charge is 0.152 e. The number of carbonyl (C=O) groups excluding carboxylic acids is 1. The van der Waals surface area contributed by atoms with Gasteiger partial charge < -0.3 is 9.53 Å². The molecule has 1 aliphatic rings. The standard InChI is InChI=1S/C10H18O2/c1-3-5-9(2)10(8-11)6-4-7-12-10/h8-9H,3-7H2,1-2H3. The quantitative estimate of drug-likeness (QED) is 0.604. The summed E-state index contributed by atoms with van der Waals surface area (Å²) in [6, 6.07) is 0. The second-order valence-corrected chi connectivity index (χ2v) is 3.71. The minimum atomic E-state index is -0.435. The number of ether oxygens (including phenoxy) is 1. The Morgan fingerprint density at radius 1 is 1.67 bits per heavy atom. The molecule has 2 unspecified atom stereocenters. The van der Waals surface area contributed by atoms with Crippen molar-refractivity contribution in [2.75, 3.05) is 6.61 Å². The Balaban J connectivity index is 2.58. The lowest BCUT2D eigenvalue weighted by atomic mass is 9.84. The number of rotatable bonds is 4. The van der Waals surface area contributed by atoms with Crippen LogP contribution in [0.25, 0.3) is 0 Å². The summed E-state index contributed by atoms with van der Waals surface area (Å²) in [6.07, 6.45) is 5.17. The summed E-state index contributed by atoms with van der Waals surface area (Å²) in [5.74, 6) is 0.377. The summed E-state index contributed by atoms with van der Waals surface area (Å²) >= 11 is 0. The van der Waals surface area contributed by atoms with Gasteiger partial charge >= 0.3 is 0 Å². The maximum Gasteiger partial charge on any atom is 0.152 e. The molecule has 0 saturated carbocycles. The van der Waals surface area contributed by atoms with Crippen molar-refractivity contribution in [3.8, 4) is 0 Å². The highest BCUT2D eigenvalue weighted by Gasteiger charge is 2.39. The van der Waals surface area contributed by atoms with E-state index in [9.17, 15) is 4.79 Å². The summed E-state index contributed by atoms with van der Waals surface area (Å²) in [4.78, 5) is 10.9. The maximum atomic E-state index is 10.9.